The van der Waals surface area contributed by atoms with Crippen molar-refractivity contribution < 1.29 is 4.79 Å². The third-order valence-electron chi connectivity index (χ3n) is 1.91. The fourth-order valence-electron chi connectivity index (χ4n) is 1.28. The molecule has 0 saturated heterocycles. The molecule has 72 valence electrons. The van der Waals surface area contributed by atoms with Crippen LogP contribution < -0.4 is 0 Å². The van der Waals surface area contributed by atoms with Gasteiger partial charge in [-0.1, -0.05) is 0 Å². The zero-order valence-electron chi connectivity index (χ0n) is 7.78. The van der Waals surface area contributed by atoms with E-state index in [0.29, 0.717) is 12.2 Å². The molecule has 2 aromatic heterocycles. The van der Waals surface area contributed by atoms with E-state index in [0.717, 1.165) is 5.56 Å². The number of H-pyrrole nitrogens is 1. The number of nitrogens with zero attached hydrogens (tertiary/aromatic N) is 1. The zero-order chi connectivity index (χ0) is 9.97. The van der Waals surface area contributed by atoms with E-state index < -0.39 is 0 Å². The van der Waals surface area contributed by atoms with E-state index in [2.05, 4.69) is 9.97 Å². The number of aromatic amines is 1. The van der Waals surface area contributed by atoms with Crippen LogP contribution in [-0.2, 0) is 6.42 Å². The van der Waals surface area contributed by atoms with Crippen LogP contribution in [0, 0.1) is 6.92 Å². The molecule has 0 aliphatic heterocycles. The third kappa shape index (κ3) is 1.90. The van der Waals surface area contributed by atoms with Gasteiger partial charge in [0.1, 0.15) is 0 Å². The van der Waals surface area contributed by atoms with Gasteiger partial charge in [0.15, 0.2) is 5.82 Å². The van der Waals surface area contributed by atoms with Crippen LogP contribution in [0.1, 0.15) is 21.1 Å². The molecule has 0 radical (unpaired) electrons. The standard InChI is InChI=1S/C10H10N2OS/c1-7-4-8(6-14-7)5-9(13)10-11-2-3-12-10/h2-4,6H,5H2,1H3,(H,11,12). The minimum atomic E-state index is 0.0350. The maximum absolute atomic E-state index is 11.6. The molecule has 2 aromatic rings. The van der Waals surface area contributed by atoms with Crippen molar-refractivity contribution in [3.05, 3.63) is 40.1 Å². The van der Waals surface area contributed by atoms with E-state index in [1.165, 1.54) is 4.88 Å². The molecule has 2 rings (SSSR count). The third-order valence-corrected chi connectivity index (χ3v) is 2.82. The van der Waals surface area contributed by atoms with Crippen molar-refractivity contribution in [3.63, 3.8) is 0 Å². The SMILES string of the molecule is Cc1cc(CC(=O)c2ncc[nH]2)cs1. The second-order valence-electron chi connectivity index (χ2n) is 3.10. The Labute approximate surface area is 85.8 Å². The summed E-state index contributed by atoms with van der Waals surface area (Å²) in [4.78, 5) is 19.5. The van der Waals surface area contributed by atoms with Gasteiger partial charge in [0.25, 0.3) is 0 Å². The maximum Gasteiger partial charge on any atom is 0.202 e. The van der Waals surface area contributed by atoms with E-state index in [4.69, 9.17) is 0 Å². The lowest BCUT2D eigenvalue weighted by Crippen LogP contribution is -2.04. The molecule has 0 bridgehead atoms. The number of carbonyl (C=O) groups is 1. The number of carbonyl (C=O) groups excluding carboxylic acids is 1. The summed E-state index contributed by atoms with van der Waals surface area (Å²) in [5.74, 6) is 0.474. The monoisotopic (exact) mass is 206 g/mol. The van der Waals surface area contributed by atoms with E-state index in [1.54, 1.807) is 23.7 Å². The second-order valence-corrected chi connectivity index (χ2v) is 4.22. The average Bonchev–Trinajstić information content (AvgIpc) is 2.75. The Kier molecular flexibility index (Phi) is 2.45. The summed E-state index contributed by atoms with van der Waals surface area (Å²) in [6.45, 7) is 2.03. The largest absolute Gasteiger partial charge is 0.342 e. The molecular weight excluding hydrogens is 196 g/mol. The molecule has 0 unspecified atom stereocenters. The highest BCUT2D eigenvalue weighted by Gasteiger charge is 2.09. The van der Waals surface area contributed by atoms with Gasteiger partial charge in [-0.2, -0.15) is 0 Å². The fourth-order valence-corrected chi connectivity index (χ4v) is 1.99. The fraction of sp³-hybridized carbons (Fsp3) is 0.200. The Morgan fingerprint density at radius 1 is 1.64 bits per heavy atom. The van der Waals surface area contributed by atoms with Gasteiger partial charge in [0, 0.05) is 23.7 Å². The quantitative estimate of drug-likeness (QED) is 0.782. The van der Waals surface area contributed by atoms with E-state index in [1.807, 2.05) is 18.4 Å². The lowest BCUT2D eigenvalue weighted by Gasteiger charge is -1.93. The number of hydrogen-bond donors (Lipinski definition) is 1. The Balaban J connectivity index is 2.09. The van der Waals surface area contributed by atoms with Crippen LogP contribution in [0.15, 0.2) is 23.8 Å². The molecule has 0 fully saturated rings. The number of aryl methyl sites for hydroxylation is 1. The highest BCUT2D eigenvalue weighted by atomic mass is 32.1. The van der Waals surface area contributed by atoms with Crippen molar-refractivity contribution >= 4 is 17.1 Å². The summed E-state index contributed by atoms with van der Waals surface area (Å²) in [6.07, 6.45) is 3.68. The van der Waals surface area contributed by atoms with Crippen LogP contribution in [0.25, 0.3) is 0 Å². The molecule has 2 heterocycles. The number of nitrogens with one attached hydrogen (secondary N) is 1. The van der Waals surface area contributed by atoms with Crippen molar-refractivity contribution in [2.45, 2.75) is 13.3 Å². The molecule has 4 heteroatoms. The number of Topliss-reactive ketones (excluding diaryl/α,β-unsaturated/α-hetero) is 1. The van der Waals surface area contributed by atoms with Crippen LogP contribution in [0.3, 0.4) is 0 Å². The molecule has 1 N–H and O–H groups in total. The predicted octanol–water partition coefficient (Wildman–Crippen LogP) is 2.21. The molecule has 0 aromatic carbocycles. The molecule has 0 aliphatic carbocycles. The van der Waals surface area contributed by atoms with Crippen molar-refractivity contribution in [1.82, 2.24) is 9.97 Å². The number of aromatic nitrogens is 2. The number of hydrogen-bond acceptors (Lipinski definition) is 3. The van der Waals surface area contributed by atoms with Crippen LogP contribution in [0.5, 0.6) is 0 Å². The molecule has 0 amide bonds. The summed E-state index contributed by atoms with van der Waals surface area (Å²) in [7, 11) is 0. The van der Waals surface area contributed by atoms with Gasteiger partial charge < -0.3 is 4.98 Å². The van der Waals surface area contributed by atoms with Gasteiger partial charge in [-0.05, 0) is 23.9 Å². The van der Waals surface area contributed by atoms with Gasteiger partial charge in [0.2, 0.25) is 5.78 Å². The first-order valence-electron chi connectivity index (χ1n) is 4.32. The Morgan fingerprint density at radius 3 is 3.07 bits per heavy atom. The first kappa shape index (κ1) is 9.15. The normalized spacial score (nSPS) is 10.4. The summed E-state index contributed by atoms with van der Waals surface area (Å²) in [5, 5.41) is 2.01. The number of imidazole rings is 1. The van der Waals surface area contributed by atoms with Gasteiger partial charge in [-0.15, -0.1) is 11.3 Å². The summed E-state index contributed by atoms with van der Waals surface area (Å²) in [6, 6.07) is 2.03. The Bertz CT molecular complexity index is 431. The van der Waals surface area contributed by atoms with Crippen molar-refractivity contribution in [3.8, 4) is 0 Å². The second kappa shape index (κ2) is 3.75. The van der Waals surface area contributed by atoms with Gasteiger partial charge in [-0.25, -0.2) is 4.98 Å². The van der Waals surface area contributed by atoms with Gasteiger partial charge in [0.05, 0.1) is 0 Å². The molecule has 0 aliphatic rings. The minimum absolute atomic E-state index is 0.0350. The Hall–Kier alpha value is -1.42. The first-order valence-corrected chi connectivity index (χ1v) is 5.20. The van der Waals surface area contributed by atoms with Crippen LogP contribution >= 0.6 is 11.3 Å². The zero-order valence-corrected chi connectivity index (χ0v) is 8.60. The smallest absolute Gasteiger partial charge is 0.202 e. The van der Waals surface area contributed by atoms with E-state index in [-0.39, 0.29) is 5.78 Å². The van der Waals surface area contributed by atoms with Crippen molar-refractivity contribution in [2.24, 2.45) is 0 Å². The van der Waals surface area contributed by atoms with E-state index >= 15 is 0 Å². The molecular formula is C10H10N2OS. The summed E-state index contributed by atoms with van der Waals surface area (Å²) >= 11 is 1.66. The number of thiophene rings is 1. The van der Waals surface area contributed by atoms with Crippen LogP contribution in [-0.4, -0.2) is 15.8 Å². The van der Waals surface area contributed by atoms with Crippen LogP contribution in [0.2, 0.25) is 0 Å². The van der Waals surface area contributed by atoms with Crippen LogP contribution in [0.4, 0.5) is 0 Å². The van der Waals surface area contributed by atoms with Crippen molar-refractivity contribution in [2.75, 3.05) is 0 Å². The Morgan fingerprint density at radius 2 is 2.50 bits per heavy atom. The maximum atomic E-state index is 11.6. The number of ketones is 1. The summed E-state index contributed by atoms with van der Waals surface area (Å²) in [5.41, 5.74) is 1.06. The van der Waals surface area contributed by atoms with Gasteiger partial charge in [-0.3, -0.25) is 4.79 Å². The van der Waals surface area contributed by atoms with Crippen molar-refractivity contribution in [1.29, 1.82) is 0 Å². The minimum Gasteiger partial charge on any atom is -0.342 e. The molecule has 0 saturated carbocycles. The molecule has 0 atom stereocenters. The molecule has 0 spiro atoms. The summed E-state index contributed by atoms with van der Waals surface area (Å²) < 4.78 is 0. The lowest BCUT2D eigenvalue weighted by atomic mass is 10.1. The number of rotatable bonds is 3. The van der Waals surface area contributed by atoms with Gasteiger partial charge >= 0.3 is 0 Å². The highest BCUT2D eigenvalue weighted by molar-refractivity contribution is 7.10. The predicted molar refractivity (Wildman–Crippen MR) is 55.7 cm³/mol. The topological polar surface area (TPSA) is 45.8 Å². The highest BCUT2D eigenvalue weighted by Crippen LogP contribution is 2.14. The lowest BCUT2D eigenvalue weighted by molar-refractivity contribution is 0.0984. The molecule has 14 heavy (non-hydrogen) atoms. The average molecular weight is 206 g/mol. The first-order chi connectivity index (χ1) is 6.75. The van der Waals surface area contributed by atoms with E-state index in [9.17, 15) is 4.79 Å². The molecule has 3 nitrogen and oxygen atoms in total.